The Morgan fingerprint density at radius 1 is 1.50 bits per heavy atom. The van der Waals surface area contributed by atoms with Gasteiger partial charge in [-0.2, -0.15) is 0 Å². The number of carbonyl (C=O) groups excluding carboxylic acids is 1. The van der Waals surface area contributed by atoms with Crippen molar-refractivity contribution in [2.75, 3.05) is 0 Å². The molecule has 0 amide bonds. The van der Waals surface area contributed by atoms with E-state index in [1.807, 2.05) is 0 Å². The Bertz CT molecular complexity index is 333. The smallest absolute Gasteiger partial charge is 0.338 e. The zero-order valence-electron chi connectivity index (χ0n) is 5.95. The van der Waals surface area contributed by atoms with Crippen LogP contribution in [-0.4, -0.2) is 17.4 Å². The second kappa shape index (κ2) is 3.13. The summed E-state index contributed by atoms with van der Waals surface area (Å²) in [6.07, 6.45) is 0.280. The molecule has 0 atom stereocenters. The minimum absolute atomic E-state index is 0.241. The monoisotopic (exact) mass is 168 g/mol. The van der Waals surface area contributed by atoms with Crippen LogP contribution in [-0.2, 0) is 0 Å². The van der Waals surface area contributed by atoms with Crippen LogP contribution in [0.3, 0.4) is 0 Å². The summed E-state index contributed by atoms with van der Waals surface area (Å²) in [5.74, 6) is -2.36. The normalized spacial score (nSPS) is 9.42. The predicted octanol–water partition coefficient (Wildman–Crippen LogP) is 1.34. The number of benzene rings is 1. The largest absolute Gasteiger partial charge is 0.478 e. The van der Waals surface area contributed by atoms with Crippen LogP contribution in [0.15, 0.2) is 18.2 Å². The van der Waals surface area contributed by atoms with Gasteiger partial charge < -0.3 is 5.11 Å². The standard InChI is InChI=1S/C8H5FO3/c9-7-5(4-10)2-1-3-6(7)8(11)12/h1-4H,(H,11,12). The highest BCUT2D eigenvalue weighted by atomic mass is 19.1. The molecule has 0 radical (unpaired) electrons. The van der Waals surface area contributed by atoms with Crippen LogP contribution in [0.25, 0.3) is 0 Å². The molecular formula is C8H5FO3. The van der Waals surface area contributed by atoms with Crippen molar-refractivity contribution in [1.29, 1.82) is 0 Å². The summed E-state index contributed by atoms with van der Waals surface area (Å²) >= 11 is 0. The summed E-state index contributed by atoms with van der Waals surface area (Å²) in [5, 5.41) is 8.43. The van der Waals surface area contributed by atoms with Crippen LogP contribution in [0.4, 0.5) is 4.39 Å². The van der Waals surface area contributed by atoms with Crippen LogP contribution in [0.1, 0.15) is 20.7 Å². The highest BCUT2D eigenvalue weighted by molar-refractivity contribution is 5.90. The fourth-order valence-electron chi connectivity index (χ4n) is 0.806. The molecule has 0 spiro atoms. The average molecular weight is 168 g/mol. The number of hydrogen-bond acceptors (Lipinski definition) is 2. The lowest BCUT2D eigenvalue weighted by atomic mass is 10.1. The molecule has 1 rings (SSSR count). The van der Waals surface area contributed by atoms with Crippen LogP contribution in [0.2, 0.25) is 0 Å². The van der Waals surface area contributed by atoms with Crippen molar-refractivity contribution in [1.82, 2.24) is 0 Å². The second-order valence-electron chi connectivity index (χ2n) is 2.13. The Morgan fingerprint density at radius 2 is 2.17 bits per heavy atom. The maximum Gasteiger partial charge on any atom is 0.338 e. The molecule has 0 unspecified atom stereocenters. The number of halogens is 1. The number of carbonyl (C=O) groups is 2. The molecule has 0 saturated heterocycles. The Balaban J connectivity index is 3.32. The molecule has 0 fully saturated rings. The van der Waals surface area contributed by atoms with E-state index in [1.165, 1.54) is 12.1 Å². The fourth-order valence-corrected chi connectivity index (χ4v) is 0.806. The first-order valence-corrected chi connectivity index (χ1v) is 3.14. The molecule has 0 saturated carbocycles. The van der Waals surface area contributed by atoms with E-state index in [4.69, 9.17) is 5.11 Å². The lowest BCUT2D eigenvalue weighted by Crippen LogP contribution is -2.02. The SMILES string of the molecule is O=Cc1cccc(C(=O)O)c1F. The Kier molecular flexibility index (Phi) is 2.19. The van der Waals surface area contributed by atoms with E-state index in [9.17, 15) is 14.0 Å². The molecule has 4 heteroatoms. The van der Waals surface area contributed by atoms with Crippen molar-refractivity contribution in [3.8, 4) is 0 Å². The minimum atomic E-state index is -1.38. The molecule has 0 aliphatic carbocycles. The van der Waals surface area contributed by atoms with Crippen molar-refractivity contribution in [3.63, 3.8) is 0 Å². The van der Waals surface area contributed by atoms with Gasteiger partial charge in [0.15, 0.2) is 6.29 Å². The molecule has 0 heterocycles. The molecule has 12 heavy (non-hydrogen) atoms. The first-order valence-electron chi connectivity index (χ1n) is 3.14. The van der Waals surface area contributed by atoms with Crippen LogP contribution >= 0.6 is 0 Å². The number of rotatable bonds is 2. The predicted molar refractivity (Wildman–Crippen MR) is 38.7 cm³/mol. The van der Waals surface area contributed by atoms with Crippen LogP contribution in [0.5, 0.6) is 0 Å². The second-order valence-corrected chi connectivity index (χ2v) is 2.13. The molecule has 3 nitrogen and oxygen atoms in total. The quantitative estimate of drug-likeness (QED) is 0.678. The first-order chi connectivity index (χ1) is 5.66. The van der Waals surface area contributed by atoms with Crippen molar-refractivity contribution in [2.45, 2.75) is 0 Å². The van der Waals surface area contributed by atoms with Gasteiger partial charge in [0.2, 0.25) is 0 Å². The van der Waals surface area contributed by atoms with E-state index < -0.39 is 17.3 Å². The summed E-state index contributed by atoms with van der Waals surface area (Å²) < 4.78 is 12.9. The summed E-state index contributed by atoms with van der Waals surface area (Å²) in [4.78, 5) is 20.5. The topological polar surface area (TPSA) is 54.4 Å². The Labute approximate surface area is 67.4 Å². The third kappa shape index (κ3) is 1.32. The molecule has 0 aromatic heterocycles. The maximum atomic E-state index is 12.9. The molecular weight excluding hydrogens is 163 g/mol. The van der Waals surface area contributed by atoms with Crippen molar-refractivity contribution >= 4 is 12.3 Å². The van der Waals surface area contributed by atoms with Crippen molar-refractivity contribution in [3.05, 3.63) is 35.1 Å². The molecule has 1 aromatic rings. The summed E-state index contributed by atoms with van der Waals surface area (Å²) in [7, 11) is 0. The molecule has 1 N–H and O–H groups in total. The zero-order valence-corrected chi connectivity index (χ0v) is 5.95. The maximum absolute atomic E-state index is 12.9. The molecule has 62 valence electrons. The third-order valence-electron chi connectivity index (χ3n) is 1.39. The Hall–Kier alpha value is -1.71. The minimum Gasteiger partial charge on any atom is -0.478 e. The summed E-state index contributed by atoms with van der Waals surface area (Å²) in [6.45, 7) is 0. The molecule has 0 bridgehead atoms. The summed E-state index contributed by atoms with van der Waals surface area (Å²) in [5.41, 5.74) is -0.727. The van der Waals surface area contributed by atoms with Gasteiger partial charge in [-0.25, -0.2) is 9.18 Å². The van der Waals surface area contributed by atoms with Gasteiger partial charge in [-0.05, 0) is 12.1 Å². The van der Waals surface area contributed by atoms with Crippen molar-refractivity contribution in [2.24, 2.45) is 0 Å². The fraction of sp³-hybridized carbons (Fsp3) is 0. The van der Waals surface area contributed by atoms with Gasteiger partial charge in [-0.3, -0.25) is 4.79 Å². The van der Waals surface area contributed by atoms with Gasteiger partial charge in [0.05, 0.1) is 11.1 Å². The van der Waals surface area contributed by atoms with Crippen LogP contribution in [0, 0.1) is 5.82 Å². The van der Waals surface area contributed by atoms with E-state index in [1.54, 1.807) is 0 Å². The van der Waals surface area contributed by atoms with Gasteiger partial charge in [-0.1, -0.05) is 6.07 Å². The third-order valence-corrected chi connectivity index (χ3v) is 1.39. The molecule has 0 aliphatic heterocycles. The highest BCUT2D eigenvalue weighted by Gasteiger charge is 2.12. The Morgan fingerprint density at radius 3 is 2.67 bits per heavy atom. The number of carboxylic acids is 1. The van der Waals surface area contributed by atoms with E-state index in [0.717, 1.165) is 6.07 Å². The van der Waals surface area contributed by atoms with Crippen molar-refractivity contribution < 1.29 is 19.1 Å². The molecule has 0 aliphatic rings. The number of aromatic carboxylic acids is 1. The van der Waals surface area contributed by atoms with Gasteiger partial charge in [0.1, 0.15) is 5.82 Å². The zero-order chi connectivity index (χ0) is 9.14. The van der Waals surface area contributed by atoms with E-state index in [2.05, 4.69) is 0 Å². The molecule has 1 aromatic carbocycles. The highest BCUT2D eigenvalue weighted by Crippen LogP contribution is 2.10. The summed E-state index contributed by atoms with van der Waals surface area (Å²) in [6, 6.07) is 3.63. The number of carboxylic acid groups (broad SMARTS) is 1. The van der Waals surface area contributed by atoms with E-state index in [-0.39, 0.29) is 11.8 Å². The lowest BCUT2D eigenvalue weighted by Gasteiger charge is -1.97. The van der Waals surface area contributed by atoms with E-state index in [0.29, 0.717) is 0 Å². The lowest BCUT2D eigenvalue weighted by molar-refractivity contribution is 0.0692. The van der Waals surface area contributed by atoms with Gasteiger partial charge in [0.25, 0.3) is 0 Å². The number of hydrogen-bond donors (Lipinski definition) is 1. The van der Waals surface area contributed by atoms with E-state index >= 15 is 0 Å². The van der Waals surface area contributed by atoms with Gasteiger partial charge in [-0.15, -0.1) is 0 Å². The average Bonchev–Trinajstić information content (AvgIpc) is 2.04. The number of aldehydes is 1. The van der Waals surface area contributed by atoms with Gasteiger partial charge in [0, 0.05) is 0 Å². The first kappa shape index (κ1) is 8.39. The van der Waals surface area contributed by atoms with Crippen LogP contribution < -0.4 is 0 Å². The van der Waals surface area contributed by atoms with Gasteiger partial charge >= 0.3 is 5.97 Å².